The number of carbonyl (C=O) groups excluding carboxylic acids is 1. The van der Waals surface area contributed by atoms with Crippen molar-refractivity contribution < 1.29 is 9.53 Å². The van der Waals surface area contributed by atoms with Gasteiger partial charge in [0.2, 0.25) is 0 Å². The van der Waals surface area contributed by atoms with Gasteiger partial charge in [0.25, 0.3) is 0 Å². The molecule has 0 saturated carbocycles. The van der Waals surface area contributed by atoms with Gasteiger partial charge in [-0.05, 0) is 42.3 Å². The molecular weight excluding hydrogens is 298 g/mol. The molecule has 3 rings (SSSR count). The summed E-state index contributed by atoms with van der Waals surface area (Å²) in [5.74, 6) is -0.0776. The molecule has 0 aliphatic carbocycles. The summed E-state index contributed by atoms with van der Waals surface area (Å²) in [6, 6.07) is 15.0. The molecule has 0 aromatic heterocycles. The highest BCUT2D eigenvalue weighted by molar-refractivity contribution is 5.85. The third kappa shape index (κ3) is 3.62. The maximum absolute atomic E-state index is 12.3. The Hall–Kier alpha value is -1.87. The van der Waals surface area contributed by atoms with Gasteiger partial charge in [0, 0.05) is 0 Å². The van der Waals surface area contributed by atoms with Crippen molar-refractivity contribution in [1.29, 1.82) is 0 Å². The molecule has 3 unspecified atom stereocenters. The van der Waals surface area contributed by atoms with Gasteiger partial charge in [0.15, 0.2) is 0 Å². The Morgan fingerprint density at radius 3 is 2.58 bits per heavy atom. The lowest BCUT2D eigenvalue weighted by atomic mass is 10.0. The van der Waals surface area contributed by atoms with Crippen LogP contribution in [0.2, 0.25) is 0 Å². The molecule has 1 saturated heterocycles. The van der Waals surface area contributed by atoms with E-state index in [4.69, 9.17) is 4.74 Å². The van der Waals surface area contributed by atoms with Crippen molar-refractivity contribution in [3.05, 3.63) is 48.0 Å². The zero-order chi connectivity index (χ0) is 16.9. The highest BCUT2D eigenvalue weighted by atomic mass is 16.5. The Bertz CT molecular complexity index is 697. The highest BCUT2D eigenvalue weighted by Crippen LogP contribution is 2.44. The van der Waals surface area contributed by atoms with Crippen molar-refractivity contribution in [2.45, 2.75) is 51.6 Å². The second-order valence-electron chi connectivity index (χ2n) is 6.55. The fourth-order valence-electron chi connectivity index (χ4n) is 3.53. The van der Waals surface area contributed by atoms with E-state index in [9.17, 15) is 4.79 Å². The third-order valence-electron chi connectivity index (χ3n) is 4.84. The molecule has 1 fully saturated rings. The fourth-order valence-corrected chi connectivity index (χ4v) is 3.53. The maximum Gasteiger partial charge on any atom is 0.325 e. The molecule has 3 atom stereocenters. The topological polar surface area (TPSA) is 29.3 Å². The van der Waals surface area contributed by atoms with Crippen LogP contribution in [0.15, 0.2) is 42.5 Å². The minimum absolute atomic E-state index is 0.0776. The summed E-state index contributed by atoms with van der Waals surface area (Å²) in [4.78, 5) is 14.6. The van der Waals surface area contributed by atoms with Crippen LogP contribution in [-0.2, 0) is 9.53 Å². The van der Waals surface area contributed by atoms with Crippen LogP contribution in [-0.4, -0.2) is 30.1 Å². The number of benzene rings is 2. The molecule has 1 heterocycles. The van der Waals surface area contributed by atoms with Gasteiger partial charge < -0.3 is 4.74 Å². The SMILES string of the molecule is CCCCCCN1C(C(=O)OCC)C1c1ccc2ccccc2c1. The summed E-state index contributed by atoms with van der Waals surface area (Å²) in [6.45, 7) is 5.51. The Labute approximate surface area is 144 Å². The normalized spacial score (nSPS) is 22.5. The number of carbonyl (C=O) groups is 1. The number of fused-ring (bicyclic) bond motifs is 1. The summed E-state index contributed by atoms with van der Waals surface area (Å²) < 4.78 is 5.28. The minimum Gasteiger partial charge on any atom is -0.465 e. The molecule has 0 spiro atoms. The molecule has 0 bridgehead atoms. The molecule has 1 aliphatic heterocycles. The zero-order valence-corrected chi connectivity index (χ0v) is 14.7. The fraction of sp³-hybridized carbons (Fsp3) is 0.476. The first-order chi connectivity index (χ1) is 11.8. The van der Waals surface area contributed by atoms with Crippen LogP contribution in [0.3, 0.4) is 0 Å². The quantitative estimate of drug-likeness (QED) is 0.400. The average molecular weight is 325 g/mol. The third-order valence-corrected chi connectivity index (χ3v) is 4.84. The molecule has 0 N–H and O–H groups in total. The first kappa shape index (κ1) is 17.0. The number of esters is 1. The summed E-state index contributed by atoms with van der Waals surface area (Å²) in [5, 5.41) is 2.47. The number of nitrogens with zero attached hydrogens (tertiary/aromatic N) is 1. The second kappa shape index (κ2) is 7.80. The predicted molar refractivity (Wildman–Crippen MR) is 98.0 cm³/mol. The Morgan fingerprint density at radius 1 is 1.04 bits per heavy atom. The van der Waals surface area contributed by atoms with Crippen LogP contribution >= 0.6 is 0 Å². The van der Waals surface area contributed by atoms with Gasteiger partial charge in [-0.3, -0.25) is 9.69 Å². The molecule has 2 aromatic rings. The monoisotopic (exact) mass is 325 g/mol. The van der Waals surface area contributed by atoms with E-state index in [0.717, 1.165) is 13.0 Å². The van der Waals surface area contributed by atoms with E-state index < -0.39 is 0 Å². The first-order valence-electron chi connectivity index (χ1n) is 9.17. The first-order valence-corrected chi connectivity index (χ1v) is 9.17. The van der Waals surface area contributed by atoms with Gasteiger partial charge in [-0.25, -0.2) is 0 Å². The largest absolute Gasteiger partial charge is 0.465 e. The molecule has 1 aliphatic rings. The van der Waals surface area contributed by atoms with Crippen LogP contribution in [0.4, 0.5) is 0 Å². The number of rotatable bonds is 8. The lowest BCUT2D eigenvalue weighted by Gasteiger charge is -2.05. The zero-order valence-electron chi connectivity index (χ0n) is 14.7. The molecule has 3 nitrogen and oxygen atoms in total. The van der Waals surface area contributed by atoms with Crippen LogP contribution in [0.25, 0.3) is 10.8 Å². The Balaban J connectivity index is 1.75. The number of hydrogen-bond acceptors (Lipinski definition) is 3. The van der Waals surface area contributed by atoms with Crippen LogP contribution < -0.4 is 0 Å². The van der Waals surface area contributed by atoms with Crippen molar-refractivity contribution >= 4 is 16.7 Å². The van der Waals surface area contributed by atoms with E-state index in [-0.39, 0.29) is 18.1 Å². The van der Waals surface area contributed by atoms with Gasteiger partial charge in [0.05, 0.1) is 12.6 Å². The van der Waals surface area contributed by atoms with Crippen LogP contribution in [0.1, 0.15) is 51.1 Å². The van der Waals surface area contributed by atoms with E-state index in [1.165, 1.54) is 35.6 Å². The van der Waals surface area contributed by atoms with Gasteiger partial charge in [-0.1, -0.05) is 62.6 Å². The summed E-state index contributed by atoms with van der Waals surface area (Å²) in [5.41, 5.74) is 1.22. The van der Waals surface area contributed by atoms with Crippen LogP contribution in [0.5, 0.6) is 0 Å². The van der Waals surface area contributed by atoms with Gasteiger partial charge in [-0.15, -0.1) is 0 Å². The second-order valence-corrected chi connectivity index (χ2v) is 6.55. The molecule has 2 aromatic carbocycles. The van der Waals surface area contributed by atoms with E-state index in [0.29, 0.717) is 6.61 Å². The van der Waals surface area contributed by atoms with E-state index in [1.54, 1.807) is 0 Å². The number of hydrogen-bond donors (Lipinski definition) is 0. The summed E-state index contributed by atoms with van der Waals surface area (Å²) >= 11 is 0. The van der Waals surface area contributed by atoms with E-state index >= 15 is 0 Å². The smallest absolute Gasteiger partial charge is 0.325 e. The minimum atomic E-state index is -0.104. The van der Waals surface area contributed by atoms with Crippen molar-refractivity contribution in [2.24, 2.45) is 0 Å². The Morgan fingerprint density at radius 2 is 1.83 bits per heavy atom. The standard InChI is InChI=1S/C21H27NO2/c1-3-5-6-9-14-22-19(20(22)21(23)24-4-2)18-13-12-16-10-7-8-11-17(16)15-18/h7-8,10-13,15,19-20H,3-6,9,14H2,1-2H3. The van der Waals surface area contributed by atoms with Crippen molar-refractivity contribution in [2.75, 3.05) is 13.2 Å². The van der Waals surface area contributed by atoms with Crippen molar-refractivity contribution in [3.8, 4) is 0 Å². The average Bonchev–Trinajstić information content (AvgIpc) is 3.33. The molecule has 3 heteroatoms. The lowest BCUT2D eigenvalue weighted by molar-refractivity contribution is -0.143. The number of ether oxygens (including phenoxy) is 1. The maximum atomic E-state index is 12.3. The molecule has 128 valence electrons. The van der Waals surface area contributed by atoms with Gasteiger partial charge in [0.1, 0.15) is 6.04 Å². The number of unbranched alkanes of at least 4 members (excludes halogenated alkanes) is 3. The molecule has 0 radical (unpaired) electrons. The van der Waals surface area contributed by atoms with E-state index in [1.807, 2.05) is 6.92 Å². The van der Waals surface area contributed by atoms with Crippen molar-refractivity contribution in [1.82, 2.24) is 4.90 Å². The summed E-state index contributed by atoms with van der Waals surface area (Å²) in [7, 11) is 0. The molecule has 24 heavy (non-hydrogen) atoms. The molecule has 0 amide bonds. The van der Waals surface area contributed by atoms with Crippen molar-refractivity contribution in [3.63, 3.8) is 0 Å². The van der Waals surface area contributed by atoms with Crippen LogP contribution in [0, 0.1) is 0 Å². The van der Waals surface area contributed by atoms with Gasteiger partial charge >= 0.3 is 5.97 Å². The predicted octanol–water partition coefficient (Wildman–Crippen LogP) is 4.71. The Kier molecular flexibility index (Phi) is 5.52. The molecular formula is C21H27NO2. The highest BCUT2D eigenvalue weighted by Gasteiger charge is 2.53. The summed E-state index contributed by atoms with van der Waals surface area (Å²) in [6.07, 6.45) is 4.87. The van der Waals surface area contributed by atoms with Gasteiger partial charge in [-0.2, -0.15) is 0 Å². The van der Waals surface area contributed by atoms with E-state index in [2.05, 4.69) is 54.3 Å². The lowest BCUT2D eigenvalue weighted by Crippen LogP contribution is -2.16.